The number of aryl methyl sites for hydroxylation is 1. The Morgan fingerprint density at radius 2 is 2.00 bits per heavy atom. The molecule has 0 aromatic heterocycles. The van der Waals surface area contributed by atoms with Gasteiger partial charge in [-0.25, -0.2) is 0 Å². The highest BCUT2D eigenvalue weighted by molar-refractivity contribution is 5.81. The minimum Gasteiger partial charge on any atom is -0.481 e. The number of hydrogen-bond donors (Lipinski definition) is 2. The first kappa shape index (κ1) is 15.8. The van der Waals surface area contributed by atoms with E-state index >= 15 is 0 Å². The zero-order valence-corrected chi connectivity index (χ0v) is 13.1. The minimum absolute atomic E-state index is 0.0547. The van der Waals surface area contributed by atoms with Crippen molar-refractivity contribution in [1.82, 2.24) is 5.32 Å². The third-order valence-corrected chi connectivity index (χ3v) is 4.06. The molecule has 2 atom stereocenters. The first-order valence-electron chi connectivity index (χ1n) is 7.73. The third-order valence-electron chi connectivity index (χ3n) is 4.06. The number of benzene rings is 1. The summed E-state index contributed by atoms with van der Waals surface area (Å²) in [5.41, 5.74) is 1.77. The summed E-state index contributed by atoms with van der Waals surface area (Å²) in [4.78, 5) is 12.1. The van der Waals surface area contributed by atoms with Gasteiger partial charge >= 0.3 is 0 Å². The van der Waals surface area contributed by atoms with Gasteiger partial charge in [0.1, 0.15) is 5.75 Å². The molecule has 2 rings (SSSR count). The number of ether oxygens (including phenoxy) is 1. The van der Waals surface area contributed by atoms with Crippen molar-refractivity contribution in [2.45, 2.75) is 64.7 Å². The van der Waals surface area contributed by atoms with Gasteiger partial charge in [0, 0.05) is 6.04 Å². The molecule has 0 heterocycles. The summed E-state index contributed by atoms with van der Waals surface area (Å²) in [6, 6.07) is 5.84. The minimum atomic E-state index is -0.512. The van der Waals surface area contributed by atoms with Crippen molar-refractivity contribution in [1.29, 1.82) is 0 Å². The van der Waals surface area contributed by atoms with Gasteiger partial charge in [0.25, 0.3) is 5.91 Å². The molecule has 1 aliphatic carbocycles. The van der Waals surface area contributed by atoms with Gasteiger partial charge in [-0.05, 0) is 56.9 Å². The summed E-state index contributed by atoms with van der Waals surface area (Å²) in [5.74, 6) is 0.634. The average Bonchev–Trinajstić information content (AvgIpc) is 2.93. The number of aliphatic hydroxyl groups excluding tert-OH is 1. The largest absolute Gasteiger partial charge is 0.481 e. The van der Waals surface area contributed by atoms with Crippen LogP contribution >= 0.6 is 0 Å². The van der Waals surface area contributed by atoms with E-state index in [0.29, 0.717) is 11.8 Å². The van der Waals surface area contributed by atoms with E-state index in [0.717, 1.165) is 24.0 Å². The molecule has 4 heteroatoms. The first-order valence-corrected chi connectivity index (χ1v) is 7.73. The van der Waals surface area contributed by atoms with Crippen LogP contribution in [0.25, 0.3) is 0 Å². The Hall–Kier alpha value is -1.55. The topological polar surface area (TPSA) is 58.6 Å². The van der Waals surface area contributed by atoms with E-state index in [1.54, 1.807) is 13.8 Å². The highest BCUT2D eigenvalue weighted by Gasteiger charge is 2.22. The Labute approximate surface area is 126 Å². The molecule has 1 amide bonds. The van der Waals surface area contributed by atoms with Crippen LogP contribution < -0.4 is 10.1 Å². The van der Waals surface area contributed by atoms with Crippen LogP contribution in [0.15, 0.2) is 18.2 Å². The Morgan fingerprint density at radius 1 is 1.33 bits per heavy atom. The second-order valence-electron chi connectivity index (χ2n) is 5.95. The number of nitrogens with one attached hydrogen (secondary N) is 1. The molecule has 4 nitrogen and oxygen atoms in total. The summed E-state index contributed by atoms with van der Waals surface area (Å²) in [6.45, 7) is 5.42. The molecule has 0 saturated heterocycles. The lowest BCUT2D eigenvalue weighted by atomic mass is 10.1. The molecular formula is C17H25NO3. The molecule has 2 unspecified atom stereocenters. The molecule has 1 fully saturated rings. The quantitative estimate of drug-likeness (QED) is 0.877. The molecule has 2 N–H and O–H groups in total. The number of carbonyl (C=O) groups is 1. The maximum absolute atomic E-state index is 12.1. The lowest BCUT2D eigenvalue weighted by molar-refractivity contribution is -0.127. The summed E-state index contributed by atoms with van der Waals surface area (Å²) >= 11 is 0. The molecular weight excluding hydrogens is 266 g/mol. The molecule has 0 spiro atoms. The van der Waals surface area contributed by atoms with Crippen molar-refractivity contribution in [3.63, 3.8) is 0 Å². The maximum Gasteiger partial charge on any atom is 0.260 e. The van der Waals surface area contributed by atoms with Gasteiger partial charge in [0.15, 0.2) is 6.10 Å². The Morgan fingerprint density at radius 3 is 2.57 bits per heavy atom. The van der Waals surface area contributed by atoms with E-state index in [4.69, 9.17) is 4.74 Å². The van der Waals surface area contributed by atoms with Crippen molar-refractivity contribution in [2.24, 2.45) is 0 Å². The van der Waals surface area contributed by atoms with E-state index in [1.807, 2.05) is 25.1 Å². The molecule has 0 bridgehead atoms. The van der Waals surface area contributed by atoms with Crippen molar-refractivity contribution in [3.05, 3.63) is 29.3 Å². The number of rotatable bonds is 5. The second kappa shape index (κ2) is 6.94. The number of aliphatic hydroxyl groups is 1. The van der Waals surface area contributed by atoms with Crippen LogP contribution in [0.1, 0.15) is 56.8 Å². The molecule has 21 heavy (non-hydrogen) atoms. The summed E-state index contributed by atoms with van der Waals surface area (Å²) in [5, 5.41) is 12.6. The molecule has 1 aromatic rings. The maximum atomic E-state index is 12.1. The SMILES string of the molecule is Cc1cc(C(C)O)ccc1OC(C)C(=O)NC1CCCC1. The van der Waals surface area contributed by atoms with Gasteiger partial charge in [-0.1, -0.05) is 18.9 Å². The van der Waals surface area contributed by atoms with Gasteiger partial charge in [-0.2, -0.15) is 0 Å². The van der Waals surface area contributed by atoms with Gasteiger partial charge in [0.05, 0.1) is 6.10 Å². The van der Waals surface area contributed by atoms with Crippen LogP contribution in [0.2, 0.25) is 0 Å². The molecule has 1 saturated carbocycles. The lowest BCUT2D eigenvalue weighted by Gasteiger charge is -2.19. The number of hydrogen-bond acceptors (Lipinski definition) is 3. The highest BCUT2D eigenvalue weighted by Crippen LogP contribution is 2.24. The van der Waals surface area contributed by atoms with E-state index in [1.165, 1.54) is 12.8 Å². The predicted molar refractivity (Wildman–Crippen MR) is 82.3 cm³/mol. The van der Waals surface area contributed by atoms with Crippen LogP contribution in [0.3, 0.4) is 0 Å². The van der Waals surface area contributed by atoms with Crippen molar-refractivity contribution >= 4 is 5.91 Å². The number of carbonyl (C=O) groups excluding carboxylic acids is 1. The highest BCUT2D eigenvalue weighted by atomic mass is 16.5. The molecule has 1 aliphatic rings. The summed E-state index contributed by atoms with van der Waals surface area (Å²) in [6.07, 6.45) is 3.52. The van der Waals surface area contributed by atoms with Crippen LogP contribution in [-0.2, 0) is 4.79 Å². The van der Waals surface area contributed by atoms with Gasteiger partial charge in [-0.3, -0.25) is 4.79 Å². The average molecular weight is 291 g/mol. The monoisotopic (exact) mass is 291 g/mol. The fourth-order valence-corrected chi connectivity index (χ4v) is 2.70. The molecule has 0 aliphatic heterocycles. The van der Waals surface area contributed by atoms with E-state index in [2.05, 4.69) is 5.32 Å². The zero-order chi connectivity index (χ0) is 15.4. The van der Waals surface area contributed by atoms with Crippen molar-refractivity contribution in [2.75, 3.05) is 0 Å². The lowest BCUT2D eigenvalue weighted by Crippen LogP contribution is -2.41. The van der Waals surface area contributed by atoms with Gasteiger partial charge in [0.2, 0.25) is 0 Å². The third kappa shape index (κ3) is 4.21. The van der Waals surface area contributed by atoms with Crippen LogP contribution in [0.5, 0.6) is 5.75 Å². The van der Waals surface area contributed by atoms with Crippen LogP contribution in [-0.4, -0.2) is 23.2 Å². The fourth-order valence-electron chi connectivity index (χ4n) is 2.70. The second-order valence-corrected chi connectivity index (χ2v) is 5.95. The van der Waals surface area contributed by atoms with Gasteiger partial charge < -0.3 is 15.2 Å². The van der Waals surface area contributed by atoms with E-state index in [9.17, 15) is 9.90 Å². The van der Waals surface area contributed by atoms with E-state index in [-0.39, 0.29) is 5.91 Å². The smallest absolute Gasteiger partial charge is 0.260 e. The molecule has 0 radical (unpaired) electrons. The summed E-state index contributed by atoms with van der Waals surface area (Å²) in [7, 11) is 0. The van der Waals surface area contributed by atoms with Crippen molar-refractivity contribution in [3.8, 4) is 5.75 Å². The molecule has 1 aromatic carbocycles. The Bertz CT molecular complexity index is 493. The van der Waals surface area contributed by atoms with Crippen LogP contribution in [0.4, 0.5) is 0 Å². The summed E-state index contributed by atoms with van der Waals surface area (Å²) < 4.78 is 5.76. The van der Waals surface area contributed by atoms with Crippen LogP contribution in [0, 0.1) is 6.92 Å². The fraction of sp³-hybridized carbons (Fsp3) is 0.588. The standard InChI is InChI=1S/C17H25NO3/c1-11-10-14(12(2)19)8-9-16(11)21-13(3)17(20)18-15-6-4-5-7-15/h8-10,12-13,15,19H,4-7H2,1-3H3,(H,18,20). The zero-order valence-electron chi connectivity index (χ0n) is 13.1. The molecule has 116 valence electrons. The van der Waals surface area contributed by atoms with E-state index < -0.39 is 12.2 Å². The normalized spacial score (nSPS) is 18.3. The van der Waals surface area contributed by atoms with Gasteiger partial charge in [-0.15, -0.1) is 0 Å². The Kier molecular flexibility index (Phi) is 5.23. The Balaban J connectivity index is 1.95. The predicted octanol–water partition coefficient (Wildman–Crippen LogP) is 2.87. The van der Waals surface area contributed by atoms with Crippen molar-refractivity contribution < 1.29 is 14.6 Å². The number of amides is 1. The first-order chi connectivity index (χ1) is 9.97.